The fourth-order valence-corrected chi connectivity index (χ4v) is 5.33. The van der Waals surface area contributed by atoms with Crippen LogP contribution in [0.5, 0.6) is 23.0 Å². The lowest BCUT2D eigenvalue weighted by molar-refractivity contribution is 0.0357. The molecule has 0 amide bonds. The number of aromatic nitrogens is 3. The molecule has 11 heteroatoms. The molecule has 232 valence electrons. The summed E-state index contributed by atoms with van der Waals surface area (Å²) in [5.41, 5.74) is 1.87. The number of morpholine rings is 1. The number of nitrogens with zero attached hydrogens (tertiary/aromatic N) is 4. The Hall–Kier alpha value is -4.51. The van der Waals surface area contributed by atoms with Gasteiger partial charge in [0.1, 0.15) is 5.75 Å². The van der Waals surface area contributed by atoms with Crippen LogP contribution in [-0.4, -0.2) is 66.0 Å². The number of rotatable bonds is 11. The first kappa shape index (κ1) is 30.5. The van der Waals surface area contributed by atoms with Gasteiger partial charge in [0.05, 0.1) is 50.9 Å². The van der Waals surface area contributed by atoms with Gasteiger partial charge in [-0.15, -0.1) is 0 Å². The van der Waals surface area contributed by atoms with E-state index >= 15 is 4.39 Å². The fraction of sp³-hybridized carbons (Fsp3) is 0.265. The van der Waals surface area contributed by atoms with Crippen LogP contribution in [0.25, 0.3) is 22.0 Å². The summed E-state index contributed by atoms with van der Waals surface area (Å²) in [6, 6.07) is 16.8. The average Bonchev–Trinajstić information content (AvgIpc) is 3.06. The quantitative estimate of drug-likeness (QED) is 0.159. The molecule has 3 aromatic carbocycles. The second kappa shape index (κ2) is 14.1. The van der Waals surface area contributed by atoms with Crippen LogP contribution in [0, 0.1) is 5.82 Å². The molecule has 5 aromatic rings. The third-order valence-corrected chi connectivity index (χ3v) is 7.85. The smallest absolute Gasteiger partial charge is 0.261 e. The Kier molecular flexibility index (Phi) is 9.54. The van der Waals surface area contributed by atoms with Crippen molar-refractivity contribution in [3.63, 3.8) is 0 Å². The van der Waals surface area contributed by atoms with E-state index in [0.717, 1.165) is 44.8 Å². The molecule has 1 aliphatic rings. The molecule has 2 aromatic heterocycles. The molecule has 45 heavy (non-hydrogen) atoms. The van der Waals surface area contributed by atoms with Crippen LogP contribution >= 0.6 is 11.6 Å². The molecule has 0 aliphatic carbocycles. The lowest BCUT2D eigenvalue weighted by Gasteiger charge is -2.26. The normalized spacial score (nSPS) is 13.6. The van der Waals surface area contributed by atoms with E-state index in [1.54, 1.807) is 49.7 Å². The van der Waals surface area contributed by atoms with Crippen molar-refractivity contribution >= 4 is 22.5 Å². The van der Waals surface area contributed by atoms with Crippen molar-refractivity contribution in [2.24, 2.45) is 0 Å². The van der Waals surface area contributed by atoms with Crippen molar-refractivity contribution < 1.29 is 23.3 Å². The van der Waals surface area contributed by atoms with Gasteiger partial charge in [0.2, 0.25) is 0 Å². The summed E-state index contributed by atoms with van der Waals surface area (Å²) >= 11 is 5.98. The number of halogens is 2. The lowest BCUT2D eigenvalue weighted by atomic mass is 10.1. The van der Waals surface area contributed by atoms with Gasteiger partial charge in [-0.1, -0.05) is 29.8 Å². The number of benzene rings is 3. The summed E-state index contributed by atoms with van der Waals surface area (Å²) in [7, 11) is 1.57. The van der Waals surface area contributed by atoms with Crippen molar-refractivity contribution in [1.82, 2.24) is 19.4 Å². The molecule has 0 atom stereocenters. The molecule has 3 heterocycles. The minimum atomic E-state index is -0.628. The highest BCUT2D eigenvalue weighted by Gasteiger charge is 2.16. The van der Waals surface area contributed by atoms with Gasteiger partial charge in [-0.25, -0.2) is 9.37 Å². The first-order valence-electron chi connectivity index (χ1n) is 14.6. The zero-order valence-corrected chi connectivity index (χ0v) is 25.5. The lowest BCUT2D eigenvalue weighted by Crippen LogP contribution is -2.37. The summed E-state index contributed by atoms with van der Waals surface area (Å²) in [6.45, 7) is 5.16. The Bertz CT molecular complexity index is 1840. The molecule has 0 unspecified atom stereocenters. The van der Waals surface area contributed by atoms with Crippen molar-refractivity contribution in [2.45, 2.75) is 13.0 Å². The molecule has 6 rings (SSSR count). The highest BCUT2D eigenvalue weighted by atomic mass is 35.5. The first-order chi connectivity index (χ1) is 22.0. The SMILES string of the molecule is COc1cc2c(Oc3ccc(-c4cncn(Cc5ccc(Cl)cc5)c4=O)cc3F)ccnc2cc1OCCCN1CCOCC1. The summed E-state index contributed by atoms with van der Waals surface area (Å²) in [6.07, 6.45) is 5.35. The highest BCUT2D eigenvalue weighted by Crippen LogP contribution is 2.38. The van der Waals surface area contributed by atoms with Gasteiger partial charge in [0.15, 0.2) is 23.1 Å². The maximum Gasteiger partial charge on any atom is 0.261 e. The standard InChI is InChI=1S/C34H32ClFN4O5/c1-42-32-18-26-29(19-33(32)44-14-2-11-39-12-15-43-16-13-39)38-10-9-30(26)45-31-8-5-24(17-28(31)36)27-20-37-22-40(34(27)41)21-23-3-6-25(35)7-4-23/h3-10,17-20,22H,2,11-16,21H2,1H3. The molecule has 1 fully saturated rings. The third-order valence-electron chi connectivity index (χ3n) is 7.60. The number of pyridine rings is 1. The minimum absolute atomic E-state index is 0.000892. The van der Waals surface area contributed by atoms with E-state index in [1.165, 1.54) is 29.2 Å². The highest BCUT2D eigenvalue weighted by molar-refractivity contribution is 6.30. The van der Waals surface area contributed by atoms with Crippen LogP contribution in [-0.2, 0) is 11.3 Å². The average molecular weight is 631 g/mol. The Balaban J connectivity index is 1.18. The topological polar surface area (TPSA) is 87.9 Å². The molecule has 0 radical (unpaired) electrons. The van der Waals surface area contributed by atoms with Crippen molar-refractivity contribution in [1.29, 1.82) is 0 Å². The van der Waals surface area contributed by atoms with Crippen LogP contribution in [0.15, 0.2) is 84.2 Å². The van der Waals surface area contributed by atoms with Gasteiger partial charge >= 0.3 is 0 Å². The molecular formula is C34H32ClFN4O5. The summed E-state index contributed by atoms with van der Waals surface area (Å²) in [5.74, 6) is 0.867. The van der Waals surface area contributed by atoms with Crippen molar-refractivity contribution in [2.75, 3.05) is 46.6 Å². The maximum absolute atomic E-state index is 15.4. The Morgan fingerprint density at radius 2 is 1.80 bits per heavy atom. The van der Waals surface area contributed by atoms with E-state index in [9.17, 15) is 4.79 Å². The van der Waals surface area contributed by atoms with E-state index in [1.807, 2.05) is 12.1 Å². The van der Waals surface area contributed by atoms with Gasteiger partial charge in [-0.3, -0.25) is 19.2 Å². The van der Waals surface area contributed by atoms with Crippen molar-refractivity contribution in [3.05, 3.63) is 106 Å². The predicted molar refractivity (Wildman–Crippen MR) is 170 cm³/mol. The summed E-state index contributed by atoms with van der Waals surface area (Å²) in [4.78, 5) is 24.3. The second-order valence-corrected chi connectivity index (χ2v) is 11.0. The molecule has 9 nitrogen and oxygen atoms in total. The fourth-order valence-electron chi connectivity index (χ4n) is 5.20. The molecule has 1 aliphatic heterocycles. The van der Waals surface area contributed by atoms with Gasteiger partial charge < -0.3 is 18.9 Å². The molecule has 0 spiro atoms. The third kappa shape index (κ3) is 7.25. The molecular weight excluding hydrogens is 599 g/mol. The monoisotopic (exact) mass is 630 g/mol. The minimum Gasteiger partial charge on any atom is -0.493 e. The number of hydrogen-bond donors (Lipinski definition) is 0. The van der Waals surface area contributed by atoms with Crippen LogP contribution in [0.4, 0.5) is 4.39 Å². The molecule has 1 saturated heterocycles. The van der Waals surface area contributed by atoms with Crippen LogP contribution < -0.4 is 19.8 Å². The molecule has 0 N–H and O–H groups in total. The number of hydrogen-bond acceptors (Lipinski definition) is 8. The van der Waals surface area contributed by atoms with E-state index < -0.39 is 5.82 Å². The van der Waals surface area contributed by atoms with Gasteiger partial charge in [-0.2, -0.15) is 0 Å². The van der Waals surface area contributed by atoms with E-state index in [-0.39, 0.29) is 16.9 Å². The van der Waals surface area contributed by atoms with Crippen LogP contribution in [0.3, 0.4) is 0 Å². The van der Waals surface area contributed by atoms with Crippen LogP contribution in [0.1, 0.15) is 12.0 Å². The van der Waals surface area contributed by atoms with Gasteiger partial charge in [0, 0.05) is 48.5 Å². The zero-order valence-electron chi connectivity index (χ0n) is 24.7. The van der Waals surface area contributed by atoms with Crippen molar-refractivity contribution in [3.8, 4) is 34.1 Å². The summed E-state index contributed by atoms with van der Waals surface area (Å²) < 4.78 is 40.0. The Morgan fingerprint density at radius 3 is 2.58 bits per heavy atom. The van der Waals surface area contributed by atoms with Gasteiger partial charge in [-0.05, 0) is 53.9 Å². The largest absolute Gasteiger partial charge is 0.493 e. The number of ether oxygens (including phenoxy) is 4. The van der Waals surface area contributed by atoms with Crippen LogP contribution in [0.2, 0.25) is 5.02 Å². The maximum atomic E-state index is 15.4. The Morgan fingerprint density at radius 1 is 0.978 bits per heavy atom. The molecule has 0 bridgehead atoms. The second-order valence-electron chi connectivity index (χ2n) is 10.6. The van der Waals surface area contributed by atoms with E-state index in [0.29, 0.717) is 51.9 Å². The Labute approximate surface area is 264 Å². The number of methoxy groups -OCH3 is 1. The zero-order chi connectivity index (χ0) is 31.2. The van der Waals surface area contributed by atoms with E-state index in [4.69, 9.17) is 30.5 Å². The predicted octanol–water partition coefficient (Wildman–Crippen LogP) is 6.20. The summed E-state index contributed by atoms with van der Waals surface area (Å²) in [5, 5.41) is 1.25. The first-order valence-corrected chi connectivity index (χ1v) is 15.0. The van der Waals surface area contributed by atoms with E-state index in [2.05, 4.69) is 14.9 Å². The van der Waals surface area contributed by atoms with Gasteiger partial charge in [0.25, 0.3) is 5.56 Å². The molecule has 0 saturated carbocycles. The number of fused-ring (bicyclic) bond motifs is 1.